The summed E-state index contributed by atoms with van der Waals surface area (Å²) in [4.78, 5) is 0. The molecule has 84 valence electrons. The van der Waals surface area contributed by atoms with Gasteiger partial charge in [0.15, 0.2) is 17.3 Å². The Kier molecular flexibility index (Phi) is 3.43. The van der Waals surface area contributed by atoms with Gasteiger partial charge in [0.2, 0.25) is 5.82 Å². The molecule has 0 bridgehead atoms. The van der Waals surface area contributed by atoms with Gasteiger partial charge in [-0.25, -0.2) is 4.39 Å². The van der Waals surface area contributed by atoms with Crippen LogP contribution in [0.4, 0.5) is 8.78 Å². The number of likely N-dealkylation sites (N-methyl/N-ethyl adjacent to an activating group) is 1. The molecule has 1 aromatic carbocycles. The average molecular weight is 219 g/mol. The number of aliphatic hydroxyl groups is 1. The second kappa shape index (κ2) is 4.41. The van der Waals surface area contributed by atoms with Crippen LogP contribution in [0.1, 0.15) is 11.7 Å². The molecule has 0 amide bonds. The van der Waals surface area contributed by atoms with E-state index < -0.39 is 29.2 Å². The molecule has 0 saturated heterocycles. The number of aromatic hydroxyl groups is 2. The highest BCUT2D eigenvalue weighted by Gasteiger charge is 2.21. The van der Waals surface area contributed by atoms with E-state index in [9.17, 15) is 19.0 Å². The first-order chi connectivity index (χ1) is 6.99. The largest absolute Gasteiger partial charge is 0.504 e. The van der Waals surface area contributed by atoms with Crippen LogP contribution in [0.15, 0.2) is 6.07 Å². The van der Waals surface area contributed by atoms with E-state index in [1.54, 1.807) is 0 Å². The van der Waals surface area contributed by atoms with E-state index in [0.29, 0.717) is 6.07 Å². The lowest BCUT2D eigenvalue weighted by atomic mass is 10.1. The van der Waals surface area contributed by atoms with Crippen molar-refractivity contribution in [3.8, 4) is 11.5 Å². The van der Waals surface area contributed by atoms with Gasteiger partial charge in [0, 0.05) is 12.1 Å². The smallest absolute Gasteiger partial charge is 0.209 e. The van der Waals surface area contributed by atoms with Gasteiger partial charge in [0.1, 0.15) is 0 Å². The molecule has 0 aliphatic heterocycles. The second-order valence-corrected chi connectivity index (χ2v) is 3.03. The van der Waals surface area contributed by atoms with Gasteiger partial charge in [-0.2, -0.15) is 4.39 Å². The zero-order chi connectivity index (χ0) is 11.6. The topological polar surface area (TPSA) is 72.7 Å². The van der Waals surface area contributed by atoms with Crippen LogP contribution in [0, 0.1) is 11.6 Å². The third kappa shape index (κ3) is 2.16. The molecule has 1 rings (SSSR count). The Bertz CT molecular complexity index is 371. The molecule has 0 spiro atoms. The molecule has 1 unspecified atom stereocenters. The molecule has 0 fully saturated rings. The van der Waals surface area contributed by atoms with E-state index in [2.05, 4.69) is 5.32 Å². The summed E-state index contributed by atoms with van der Waals surface area (Å²) in [5, 5.41) is 30.0. The molecule has 0 aliphatic rings. The number of nitrogens with one attached hydrogen (secondary N) is 1. The maximum absolute atomic E-state index is 13.0. The maximum Gasteiger partial charge on any atom is 0.209 e. The van der Waals surface area contributed by atoms with Crippen molar-refractivity contribution < 1.29 is 24.1 Å². The highest BCUT2D eigenvalue weighted by molar-refractivity contribution is 5.43. The zero-order valence-corrected chi connectivity index (χ0v) is 7.96. The predicted molar refractivity (Wildman–Crippen MR) is 48.6 cm³/mol. The minimum absolute atomic E-state index is 0.0250. The summed E-state index contributed by atoms with van der Waals surface area (Å²) in [6, 6.07) is 0.690. The van der Waals surface area contributed by atoms with Crippen molar-refractivity contribution in [2.24, 2.45) is 0 Å². The summed E-state index contributed by atoms with van der Waals surface area (Å²) < 4.78 is 25.9. The summed E-state index contributed by atoms with van der Waals surface area (Å²) in [5.74, 6) is -4.90. The Balaban J connectivity index is 3.19. The lowest BCUT2D eigenvalue weighted by Crippen LogP contribution is -2.17. The van der Waals surface area contributed by atoms with Gasteiger partial charge in [-0.05, 0) is 13.1 Å². The van der Waals surface area contributed by atoms with Gasteiger partial charge in [-0.3, -0.25) is 0 Å². The monoisotopic (exact) mass is 219 g/mol. The quantitative estimate of drug-likeness (QED) is 0.601. The summed E-state index contributed by atoms with van der Waals surface area (Å²) >= 11 is 0. The summed E-state index contributed by atoms with van der Waals surface area (Å²) in [5.41, 5.74) is -0.308. The van der Waals surface area contributed by atoms with Crippen LogP contribution in [-0.4, -0.2) is 28.9 Å². The first-order valence-electron chi connectivity index (χ1n) is 4.21. The summed E-state index contributed by atoms with van der Waals surface area (Å²) in [6.07, 6.45) is -1.25. The molecule has 4 nitrogen and oxygen atoms in total. The van der Waals surface area contributed by atoms with Crippen molar-refractivity contribution in [3.05, 3.63) is 23.3 Å². The van der Waals surface area contributed by atoms with Crippen molar-refractivity contribution in [2.75, 3.05) is 13.6 Å². The number of phenolic OH excluding ortho intramolecular Hbond substituents is 2. The molecule has 4 N–H and O–H groups in total. The molecule has 0 saturated carbocycles. The van der Waals surface area contributed by atoms with Gasteiger partial charge in [-0.15, -0.1) is 0 Å². The summed E-state index contributed by atoms with van der Waals surface area (Å²) in [6.45, 7) is 0.0250. The highest BCUT2D eigenvalue weighted by Crippen LogP contribution is 2.34. The van der Waals surface area contributed by atoms with Crippen molar-refractivity contribution in [3.63, 3.8) is 0 Å². The molecule has 0 heterocycles. The number of hydrogen-bond donors (Lipinski definition) is 4. The van der Waals surface area contributed by atoms with Crippen LogP contribution >= 0.6 is 0 Å². The zero-order valence-electron chi connectivity index (χ0n) is 7.96. The van der Waals surface area contributed by atoms with Gasteiger partial charge in [0.05, 0.1) is 6.10 Å². The Hall–Kier alpha value is -1.40. The minimum atomic E-state index is -1.47. The molecule has 0 aliphatic carbocycles. The molecular formula is C9H11F2NO3. The van der Waals surface area contributed by atoms with Crippen molar-refractivity contribution in [1.82, 2.24) is 5.32 Å². The Morgan fingerprint density at radius 1 is 1.33 bits per heavy atom. The van der Waals surface area contributed by atoms with Gasteiger partial charge in [-0.1, -0.05) is 0 Å². The van der Waals surface area contributed by atoms with Crippen LogP contribution in [0.3, 0.4) is 0 Å². The molecule has 15 heavy (non-hydrogen) atoms. The molecule has 1 atom stereocenters. The van der Waals surface area contributed by atoms with Crippen LogP contribution in [0.2, 0.25) is 0 Å². The third-order valence-electron chi connectivity index (χ3n) is 1.95. The Morgan fingerprint density at radius 3 is 2.47 bits per heavy atom. The number of hydrogen-bond acceptors (Lipinski definition) is 4. The molecule has 6 heteroatoms. The first kappa shape index (κ1) is 11.7. The number of aliphatic hydroxyl groups excluding tert-OH is 1. The van der Waals surface area contributed by atoms with Crippen LogP contribution in [0.25, 0.3) is 0 Å². The van der Waals surface area contributed by atoms with Crippen LogP contribution in [-0.2, 0) is 0 Å². The number of phenols is 2. The van der Waals surface area contributed by atoms with Crippen molar-refractivity contribution in [1.29, 1.82) is 0 Å². The molecule has 0 aromatic heterocycles. The molecule has 1 aromatic rings. The van der Waals surface area contributed by atoms with Crippen LogP contribution < -0.4 is 5.32 Å². The normalized spacial score (nSPS) is 12.8. The van der Waals surface area contributed by atoms with E-state index in [1.165, 1.54) is 7.05 Å². The molecular weight excluding hydrogens is 208 g/mol. The van der Waals surface area contributed by atoms with E-state index in [-0.39, 0.29) is 12.1 Å². The fourth-order valence-electron chi connectivity index (χ4n) is 1.17. The molecule has 0 radical (unpaired) electrons. The summed E-state index contributed by atoms with van der Waals surface area (Å²) in [7, 11) is 1.54. The fraction of sp³-hybridized carbons (Fsp3) is 0.333. The van der Waals surface area contributed by atoms with Gasteiger partial charge < -0.3 is 20.6 Å². The minimum Gasteiger partial charge on any atom is -0.504 e. The van der Waals surface area contributed by atoms with E-state index in [4.69, 9.17) is 5.11 Å². The van der Waals surface area contributed by atoms with Gasteiger partial charge in [0.25, 0.3) is 0 Å². The van der Waals surface area contributed by atoms with E-state index >= 15 is 0 Å². The SMILES string of the molecule is CNCC(O)c1cc(F)c(O)c(F)c1O. The van der Waals surface area contributed by atoms with Crippen molar-refractivity contribution >= 4 is 0 Å². The van der Waals surface area contributed by atoms with Crippen LogP contribution in [0.5, 0.6) is 11.5 Å². The lowest BCUT2D eigenvalue weighted by molar-refractivity contribution is 0.171. The average Bonchev–Trinajstić information content (AvgIpc) is 2.20. The standard InChI is InChI=1S/C9H11F2NO3/c1-12-3-6(13)4-2-5(10)9(15)7(11)8(4)14/h2,6,12-15H,3H2,1H3. The van der Waals surface area contributed by atoms with E-state index in [0.717, 1.165) is 0 Å². The highest BCUT2D eigenvalue weighted by atomic mass is 19.1. The van der Waals surface area contributed by atoms with Gasteiger partial charge >= 0.3 is 0 Å². The first-order valence-corrected chi connectivity index (χ1v) is 4.21. The number of halogens is 2. The Morgan fingerprint density at radius 2 is 1.93 bits per heavy atom. The predicted octanol–water partition coefficient (Wildman–Crippen LogP) is 0.629. The maximum atomic E-state index is 13.0. The number of rotatable bonds is 3. The Labute approximate surface area is 84.8 Å². The third-order valence-corrected chi connectivity index (χ3v) is 1.95. The fourth-order valence-corrected chi connectivity index (χ4v) is 1.17. The van der Waals surface area contributed by atoms with Crippen molar-refractivity contribution in [2.45, 2.75) is 6.10 Å². The number of benzene rings is 1. The lowest BCUT2D eigenvalue weighted by Gasteiger charge is -2.13. The second-order valence-electron chi connectivity index (χ2n) is 3.03. The van der Waals surface area contributed by atoms with E-state index in [1.807, 2.05) is 0 Å².